The predicted octanol–water partition coefficient (Wildman–Crippen LogP) is 3.40. The Morgan fingerprint density at radius 1 is 1.37 bits per heavy atom. The van der Waals surface area contributed by atoms with Crippen LogP contribution in [0.1, 0.15) is 25.3 Å². The third-order valence-corrected chi connectivity index (χ3v) is 3.66. The van der Waals surface area contributed by atoms with E-state index in [2.05, 4.69) is 27.3 Å². The summed E-state index contributed by atoms with van der Waals surface area (Å²) in [7, 11) is 3.73. The molecule has 0 saturated carbocycles. The smallest absolute Gasteiger partial charge is 0.122 e. The molecule has 0 aromatic heterocycles. The van der Waals surface area contributed by atoms with Gasteiger partial charge in [-0.1, -0.05) is 15.9 Å². The molecule has 0 fully saturated rings. The maximum absolute atomic E-state index is 5.42. The minimum atomic E-state index is 0.448. The molecule has 19 heavy (non-hydrogen) atoms. The van der Waals surface area contributed by atoms with E-state index in [-0.39, 0.29) is 0 Å². The lowest BCUT2D eigenvalue weighted by Crippen LogP contribution is -2.28. The number of nitrogens with one attached hydrogen (secondary N) is 1. The number of likely N-dealkylation sites (N-methyl/N-ethyl adjacent to an activating group) is 1. The molecule has 1 unspecified atom stereocenters. The third kappa shape index (κ3) is 5.93. The molecule has 1 N–H and O–H groups in total. The summed E-state index contributed by atoms with van der Waals surface area (Å²) in [6.07, 6.45) is 3.15. The first-order chi connectivity index (χ1) is 9.21. The first-order valence-electron chi connectivity index (χ1n) is 6.78. The molecule has 0 aliphatic carbocycles. The molecular formula is C15H24BrNO2. The standard InChI is InChI=1S/C15H24BrNO2/c1-4-19-9-5-6-14(17-2)11-12-10-13(16)7-8-15(12)18-3/h7-8,10,14,17H,4-6,9,11H2,1-3H3. The van der Waals surface area contributed by atoms with Crippen LogP contribution in [0.3, 0.4) is 0 Å². The first-order valence-corrected chi connectivity index (χ1v) is 7.58. The summed E-state index contributed by atoms with van der Waals surface area (Å²) in [5.41, 5.74) is 1.23. The topological polar surface area (TPSA) is 30.5 Å². The van der Waals surface area contributed by atoms with E-state index in [9.17, 15) is 0 Å². The molecule has 1 atom stereocenters. The molecule has 3 nitrogen and oxygen atoms in total. The highest BCUT2D eigenvalue weighted by molar-refractivity contribution is 9.10. The Bertz CT molecular complexity index is 371. The van der Waals surface area contributed by atoms with Gasteiger partial charge in [-0.25, -0.2) is 0 Å². The Balaban J connectivity index is 2.56. The fourth-order valence-electron chi connectivity index (χ4n) is 2.10. The molecule has 0 aliphatic rings. The van der Waals surface area contributed by atoms with Crippen molar-refractivity contribution in [2.75, 3.05) is 27.4 Å². The normalized spacial score (nSPS) is 12.4. The van der Waals surface area contributed by atoms with Gasteiger partial charge in [-0.05, 0) is 57.0 Å². The number of hydrogen-bond donors (Lipinski definition) is 1. The van der Waals surface area contributed by atoms with Gasteiger partial charge in [0.25, 0.3) is 0 Å². The molecule has 108 valence electrons. The van der Waals surface area contributed by atoms with Crippen LogP contribution in [0, 0.1) is 0 Å². The molecule has 0 saturated heterocycles. The Labute approximate surface area is 124 Å². The number of ether oxygens (including phenoxy) is 2. The molecule has 1 aromatic carbocycles. The molecule has 0 aliphatic heterocycles. The van der Waals surface area contributed by atoms with E-state index in [0.717, 1.165) is 42.7 Å². The van der Waals surface area contributed by atoms with Gasteiger partial charge < -0.3 is 14.8 Å². The van der Waals surface area contributed by atoms with Gasteiger partial charge in [-0.2, -0.15) is 0 Å². The Hall–Kier alpha value is -0.580. The molecule has 0 bridgehead atoms. The largest absolute Gasteiger partial charge is 0.496 e. The molecular weight excluding hydrogens is 306 g/mol. The summed E-state index contributed by atoms with van der Waals surface area (Å²) < 4.78 is 11.9. The van der Waals surface area contributed by atoms with Crippen LogP contribution < -0.4 is 10.1 Å². The molecule has 0 spiro atoms. The summed E-state index contributed by atoms with van der Waals surface area (Å²) in [5.74, 6) is 0.952. The van der Waals surface area contributed by atoms with E-state index < -0.39 is 0 Å². The molecule has 0 amide bonds. The maximum atomic E-state index is 5.42. The lowest BCUT2D eigenvalue weighted by Gasteiger charge is -2.18. The minimum absolute atomic E-state index is 0.448. The molecule has 1 rings (SSSR count). The summed E-state index contributed by atoms with van der Waals surface area (Å²) in [6, 6.07) is 6.59. The van der Waals surface area contributed by atoms with E-state index in [1.807, 2.05) is 26.1 Å². The monoisotopic (exact) mass is 329 g/mol. The van der Waals surface area contributed by atoms with Crippen molar-refractivity contribution in [3.8, 4) is 5.75 Å². The first kappa shape index (κ1) is 16.5. The summed E-state index contributed by atoms with van der Waals surface area (Å²) >= 11 is 3.51. The maximum Gasteiger partial charge on any atom is 0.122 e. The Morgan fingerprint density at radius 2 is 2.16 bits per heavy atom. The van der Waals surface area contributed by atoms with Gasteiger partial charge >= 0.3 is 0 Å². The van der Waals surface area contributed by atoms with Crippen LogP contribution in [0.5, 0.6) is 5.75 Å². The second-order valence-electron chi connectivity index (χ2n) is 4.49. The molecule has 4 heteroatoms. The van der Waals surface area contributed by atoms with Crippen LogP contribution >= 0.6 is 15.9 Å². The zero-order valence-corrected chi connectivity index (χ0v) is 13.6. The van der Waals surface area contributed by atoms with Crippen molar-refractivity contribution in [2.24, 2.45) is 0 Å². The second-order valence-corrected chi connectivity index (χ2v) is 5.40. The van der Waals surface area contributed by atoms with E-state index in [1.54, 1.807) is 7.11 Å². The van der Waals surface area contributed by atoms with E-state index in [1.165, 1.54) is 5.56 Å². The van der Waals surface area contributed by atoms with Gasteiger partial charge in [0.05, 0.1) is 7.11 Å². The quantitative estimate of drug-likeness (QED) is 0.704. The van der Waals surface area contributed by atoms with Gasteiger partial charge in [0.1, 0.15) is 5.75 Å². The zero-order valence-electron chi connectivity index (χ0n) is 12.0. The Kier molecular flexibility index (Phi) is 8.10. The van der Waals surface area contributed by atoms with Crippen LogP contribution in [0.4, 0.5) is 0 Å². The average Bonchev–Trinajstić information content (AvgIpc) is 2.42. The van der Waals surface area contributed by atoms with Crippen LogP contribution in [0.25, 0.3) is 0 Å². The molecule has 0 radical (unpaired) electrons. The summed E-state index contributed by atoms with van der Waals surface area (Å²) in [4.78, 5) is 0. The van der Waals surface area contributed by atoms with Crippen LogP contribution in [0.2, 0.25) is 0 Å². The van der Waals surface area contributed by atoms with E-state index in [4.69, 9.17) is 9.47 Å². The summed E-state index contributed by atoms with van der Waals surface area (Å²) in [6.45, 7) is 3.66. The number of hydrogen-bond acceptors (Lipinski definition) is 3. The number of halogens is 1. The van der Waals surface area contributed by atoms with Gasteiger partial charge in [-0.3, -0.25) is 0 Å². The highest BCUT2D eigenvalue weighted by atomic mass is 79.9. The lowest BCUT2D eigenvalue weighted by molar-refractivity contribution is 0.141. The van der Waals surface area contributed by atoms with Gasteiger partial charge in [0, 0.05) is 23.7 Å². The number of rotatable bonds is 9. The van der Waals surface area contributed by atoms with Crippen LogP contribution in [-0.2, 0) is 11.2 Å². The molecule has 1 aromatic rings. The number of benzene rings is 1. The zero-order chi connectivity index (χ0) is 14.1. The van der Waals surface area contributed by atoms with E-state index >= 15 is 0 Å². The lowest BCUT2D eigenvalue weighted by atomic mass is 10.0. The average molecular weight is 330 g/mol. The second kappa shape index (κ2) is 9.34. The van der Waals surface area contributed by atoms with Crippen molar-refractivity contribution in [1.29, 1.82) is 0 Å². The van der Waals surface area contributed by atoms with Crippen molar-refractivity contribution >= 4 is 15.9 Å². The Morgan fingerprint density at radius 3 is 2.79 bits per heavy atom. The van der Waals surface area contributed by atoms with Gasteiger partial charge in [0.2, 0.25) is 0 Å². The summed E-state index contributed by atoms with van der Waals surface area (Å²) in [5, 5.41) is 3.37. The fourth-order valence-corrected chi connectivity index (χ4v) is 2.51. The van der Waals surface area contributed by atoms with Gasteiger partial charge in [-0.15, -0.1) is 0 Å². The predicted molar refractivity (Wildman–Crippen MR) is 83.0 cm³/mol. The van der Waals surface area contributed by atoms with Crippen LogP contribution in [0.15, 0.2) is 22.7 Å². The van der Waals surface area contributed by atoms with Gasteiger partial charge in [0.15, 0.2) is 0 Å². The highest BCUT2D eigenvalue weighted by Crippen LogP contribution is 2.24. The minimum Gasteiger partial charge on any atom is -0.496 e. The van der Waals surface area contributed by atoms with Crippen molar-refractivity contribution in [1.82, 2.24) is 5.32 Å². The SMILES string of the molecule is CCOCCCC(Cc1cc(Br)ccc1OC)NC. The van der Waals surface area contributed by atoms with Crippen molar-refractivity contribution in [2.45, 2.75) is 32.2 Å². The van der Waals surface area contributed by atoms with Crippen molar-refractivity contribution in [3.05, 3.63) is 28.2 Å². The molecule has 0 heterocycles. The van der Waals surface area contributed by atoms with Crippen molar-refractivity contribution < 1.29 is 9.47 Å². The third-order valence-electron chi connectivity index (χ3n) is 3.16. The van der Waals surface area contributed by atoms with E-state index in [0.29, 0.717) is 6.04 Å². The highest BCUT2D eigenvalue weighted by Gasteiger charge is 2.11. The fraction of sp³-hybridized carbons (Fsp3) is 0.600. The van der Waals surface area contributed by atoms with Crippen molar-refractivity contribution in [3.63, 3.8) is 0 Å². The number of methoxy groups -OCH3 is 1. The van der Waals surface area contributed by atoms with Crippen LogP contribution in [-0.4, -0.2) is 33.4 Å².